The zero-order valence-corrected chi connectivity index (χ0v) is 14.4. The van der Waals surface area contributed by atoms with Gasteiger partial charge in [0.25, 0.3) is 0 Å². The van der Waals surface area contributed by atoms with Crippen molar-refractivity contribution in [3.63, 3.8) is 0 Å². The third-order valence-electron chi connectivity index (χ3n) is 4.03. The molecule has 1 aliphatic rings. The van der Waals surface area contributed by atoms with Crippen LogP contribution in [0.15, 0.2) is 24.3 Å². The molecule has 0 aromatic heterocycles. The van der Waals surface area contributed by atoms with E-state index in [4.69, 9.17) is 4.74 Å². The number of aliphatic hydroxyl groups is 2. The third kappa shape index (κ3) is 5.73. The Balaban J connectivity index is 1.78. The summed E-state index contributed by atoms with van der Waals surface area (Å²) in [5, 5.41) is 25.2. The molecule has 0 radical (unpaired) electrons. The maximum atomic E-state index is 12.8. The van der Waals surface area contributed by atoms with Crippen molar-refractivity contribution >= 4 is 11.8 Å². The predicted octanol–water partition coefficient (Wildman–Crippen LogP) is -0.916. The Morgan fingerprint density at radius 2 is 1.77 bits per heavy atom. The van der Waals surface area contributed by atoms with Crippen molar-refractivity contribution in [3.05, 3.63) is 35.6 Å². The molecule has 0 spiro atoms. The van der Waals surface area contributed by atoms with Crippen LogP contribution < -0.4 is 10.6 Å². The van der Waals surface area contributed by atoms with Crippen molar-refractivity contribution < 1.29 is 33.7 Å². The molecule has 0 aliphatic carbocycles. The number of hydrogen-bond acceptors (Lipinski definition) is 6. The molecule has 1 saturated heterocycles. The Labute approximate surface area is 150 Å². The number of halogens is 1. The standard InChI is InChI=1S/C17H23FN2O6/c1-25-9-15(22)20-8-13-17(24)16(23)12(26-13)6-14(21)19-7-10-2-4-11(18)5-3-10/h2-5,12-13,16-17,23-24H,6-9H2,1H3,(H,19,21)(H,20,22)/t12-,13+,16+,17+/m0/s1. The second kappa shape index (κ2) is 9.58. The van der Waals surface area contributed by atoms with Crippen LogP contribution in [0, 0.1) is 5.82 Å². The van der Waals surface area contributed by atoms with Crippen LogP contribution in [0.4, 0.5) is 4.39 Å². The molecule has 2 rings (SSSR count). The summed E-state index contributed by atoms with van der Waals surface area (Å²) in [5.41, 5.74) is 0.728. The Hall–Kier alpha value is -2.07. The molecular weight excluding hydrogens is 347 g/mol. The lowest BCUT2D eigenvalue weighted by molar-refractivity contribution is -0.127. The molecule has 0 unspecified atom stereocenters. The number of ether oxygens (including phenoxy) is 2. The molecular formula is C17H23FN2O6. The van der Waals surface area contributed by atoms with E-state index < -0.39 is 24.4 Å². The van der Waals surface area contributed by atoms with E-state index in [-0.39, 0.29) is 43.7 Å². The van der Waals surface area contributed by atoms with Gasteiger partial charge in [0, 0.05) is 20.2 Å². The fourth-order valence-electron chi connectivity index (χ4n) is 2.62. The van der Waals surface area contributed by atoms with Gasteiger partial charge in [-0.2, -0.15) is 0 Å². The van der Waals surface area contributed by atoms with E-state index in [0.29, 0.717) is 0 Å². The Morgan fingerprint density at radius 3 is 2.42 bits per heavy atom. The maximum Gasteiger partial charge on any atom is 0.246 e. The van der Waals surface area contributed by atoms with E-state index in [1.807, 2.05) is 0 Å². The number of hydrogen-bond donors (Lipinski definition) is 4. The van der Waals surface area contributed by atoms with Crippen LogP contribution in [-0.2, 0) is 25.6 Å². The van der Waals surface area contributed by atoms with Crippen molar-refractivity contribution in [1.82, 2.24) is 10.6 Å². The largest absolute Gasteiger partial charge is 0.388 e. The predicted molar refractivity (Wildman–Crippen MR) is 88.4 cm³/mol. The molecule has 1 aromatic rings. The Morgan fingerprint density at radius 1 is 1.12 bits per heavy atom. The number of nitrogens with one attached hydrogen (secondary N) is 2. The normalized spacial score (nSPS) is 25.1. The maximum absolute atomic E-state index is 12.8. The zero-order valence-electron chi connectivity index (χ0n) is 14.4. The first kappa shape index (κ1) is 20.2. The lowest BCUT2D eigenvalue weighted by atomic mass is 10.1. The van der Waals surface area contributed by atoms with Gasteiger partial charge in [0.15, 0.2) is 0 Å². The fourth-order valence-corrected chi connectivity index (χ4v) is 2.62. The van der Waals surface area contributed by atoms with Crippen LogP contribution >= 0.6 is 0 Å². The molecule has 144 valence electrons. The van der Waals surface area contributed by atoms with Crippen LogP contribution in [0.2, 0.25) is 0 Å². The second-order valence-corrected chi connectivity index (χ2v) is 6.04. The zero-order chi connectivity index (χ0) is 19.1. The molecule has 0 saturated carbocycles. The summed E-state index contributed by atoms with van der Waals surface area (Å²) in [6.07, 6.45) is -4.31. The second-order valence-electron chi connectivity index (χ2n) is 6.04. The minimum absolute atomic E-state index is 0.00583. The summed E-state index contributed by atoms with van der Waals surface area (Å²) < 4.78 is 23.0. The molecule has 1 heterocycles. The van der Waals surface area contributed by atoms with E-state index in [0.717, 1.165) is 5.56 Å². The monoisotopic (exact) mass is 370 g/mol. The molecule has 1 aliphatic heterocycles. The molecule has 0 bridgehead atoms. The van der Waals surface area contributed by atoms with Gasteiger partial charge in [0.2, 0.25) is 11.8 Å². The molecule has 8 nitrogen and oxygen atoms in total. The molecule has 4 atom stereocenters. The molecule has 26 heavy (non-hydrogen) atoms. The van der Waals surface area contributed by atoms with E-state index >= 15 is 0 Å². The van der Waals surface area contributed by atoms with Crippen LogP contribution in [0.3, 0.4) is 0 Å². The van der Waals surface area contributed by atoms with Gasteiger partial charge in [-0.1, -0.05) is 12.1 Å². The number of amides is 2. The van der Waals surface area contributed by atoms with Crippen LogP contribution in [0.5, 0.6) is 0 Å². The average Bonchev–Trinajstić information content (AvgIpc) is 2.88. The first-order chi connectivity index (χ1) is 12.4. The highest BCUT2D eigenvalue weighted by molar-refractivity contribution is 5.77. The Kier molecular flexibility index (Phi) is 7.46. The number of benzene rings is 1. The van der Waals surface area contributed by atoms with E-state index in [2.05, 4.69) is 15.4 Å². The molecule has 1 fully saturated rings. The number of rotatable bonds is 8. The molecule has 2 amide bonds. The minimum Gasteiger partial charge on any atom is -0.388 e. The number of carbonyl (C=O) groups is 2. The van der Waals surface area contributed by atoms with E-state index in [1.165, 1.54) is 19.2 Å². The van der Waals surface area contributed by atoms with Gasteiger partial charge in [0.1, 0.15) is 30.7 Å². The SMILES string of the molecule is COCC(=O)NC[C@H]1O[C@@H](CC(=O)NCc2ccc(F)cc2)[C@@H](O)[C@@H]1O. The fraction of sp³-hybridized carbons (Fsp3) is 0.529. The summed E-state index contributed by atoms with van der Waals surface area (Å²) in [7, 11) is 1.38. The molecule has 9 heteroatoms. The van der Waals surface area contributed by atoms with Gasteiger partial charge in [0.05, 0.1) is 12.5 Å². The number of methoxy groups -OCH3 is 1. The van der Waals surface area contributed by atoms with Crippen molar-refractivity contribution in [1.29, 1.82) is 0 Å². The highest BCUT2D eigenvalue weighted by atomic mass is 19.1. The van der Waals surface area contributed by atoms with Crippen molar-refractivity contribution in [2.24, 2.45) is 0 Å². The van der Waals surface area contributed by atoms with E-state index in [1.54, 1.807) is 12.1 Å². The lowest BCUT2D eigenvalue weighted by Crippen LogP contribution is -2.41. The average molecular weight is 370 g/mol. The summed E-state index contributed by atoms with van der Waals surface area (Å²) in [4.78, 5) is 23.4. The van der Waals surface area contributed by atoms with Crippen molar-refractivity contribution in [2.45, 2.75) is 37.4 Å². The van der Waals surface area contributed by atoms with Gasteiger partial charge < -0.3 is 30.3 Å². The van der Waals surface area contributed by atoms with Gasteiger partial charge in [-0.25, -0.2) is 4.39 Å². The van der Waals surface area contributed by atoms with Crippen molar-refractivity contribution in [3.8, 4) is 0 Å². The van der Waals surface area contributed by atoms with Gasteiger partial charge in [-0.05, 0) is 17.7 Å². The van der Waals surface area contributed by atoms with Gasteiger partial charge in [-0.3, -0.25) is 9.59 Å². The smallest absolute Gasteiger partial charge is 0.246 e. The summed E-state index contributed by atoms with van der Waals surface area (Å²) in [5.74, 6) is -1.12. The molecule has 1 aromatic carbocycles. The van der Waals surface area contributed by atoms with E-state index in [9.17, 15) is 24.2 Å². The lowest BCUT2D eigenvalue weighted by Gasteiger charge is -2.15. The summed E-state index contributed by atoms with van der Waals surface area (Å²) in [6, 6.07) is 5.70. The first-order valence-electron chi connectivity index (χ1n) is 8.19. The number of aliphatic hydroxyl groups excluding tert-OH is 2. The molecule has 4 N–H and O–H groups in total. The Bertz CT molecular complexity index is 612. The highest BCUT2D eigenvalue weighted by Crippen LogP contribution is 2.23. The van der Waals surface area contributed by atoms with Crippen LogP contribution in [-0.4, -0.2) is 66.7 Å². The topological polar surface area (TPSA) is 117 Å². The van der Waals surface area contributed by atoms with Crippen LogP contribution in [0.1, 0.15) is 12.0 Å². The van der Waals surface area contributed by atoms with Gasteiger partial charge in [-0.15, -0.1) is 0 Å². The minimum atomic E-state index is -1.24. The number of carbonyl (C=O) groups excluding carboxylic acids is 2. The first-order valence-corrected chi connectivity index (χ1v) is 8.19. The summed E-state index contributed by atoms with van der Waals surface area (Å²) in [6.45, 7) is 0.0791. The summed E-state index contributed by atoms with van der Waals surface area (Å²) >= 11 is 0. The quantitative estimate of drug-likeness (QED) is 0.470. The van der Waals surface area contributed by atoms with Crippen molar-refractivity contribution in [2.75, 3.05) is 20.3 Å². The van der Waals surface area contributed by atoms with Gasteiger partial charge >= 0.3 is 0 Å². The third-order valence-corrected chi connectivity index (χ3v) is 4.03. The highest BCUT2D eigenvalue weighted by Gasteiger charge is 2.43. The van der Waals surface area contributed by atoms with Crippen LogP contribution in [0.25, 0.3) is 0 Å².